The third kappa shape index (κ3) is 3.98. The molecular formula is C11H15N5O6S2. The molecule has 4 N–H and O–H groups in total. The molecule has 1 saturated heterocycles. The number of aromatic nitrogens is 1. The zero-order valence-corrected chi connectivity index (χ0v) is 14.3. The van der Waals surface area contributed by atoms with E-state index in [9.17, 15) is 18.0 Å². The number of hydrogen-bond donors (Lipinski definition) is 3. The van der Waals surface area contributed by atoms with Crippen LogP contribution in [0.2, 0.25) is 0 Å². The second kappa shape index (κ2) is 6.70. The van der Waals surface area contributed by atoms with Crippen molar-refractivity contribution in [3.8, 4) is 0 Å². The summed E-state index contributed by atoms with van der Waals surface area (Å²) in [5.41, 5.74) is 5.49. The smallest absolute Gasteiger partial charge is 0.362 e. The Labute approximate surface area is 141 Å². The van der Waals surface area contributed by atoms with Crippen molar-refractivity contribution in [2.75, 3.05) is 12.3 Å². The van der Waals surface area contributed by atoms with Crippen molar-refractivity contribution in [2.45, 2.75) is 26.0 Å². The molecule has 0 spiro atoms. The predicted octanol–water partition coefficient (Wildman–Crippen LogP) is -1.02. The van der Waals surface area contributed by atoms with Gasteiger partial charge >= 0.3 is 10.3 Å². The number of carbonyl (C=O) groups is 2. The highest BCUT2D eigenvalue weighted by Gasteiger charge is 2.45. The highest BCUT2D eigenvalue weighted by molar-refractivity contribution is 7.84. The minimum absolute atomic E-state index is 0.161. The molecule has 11 nitrogen and oxygen atoms in total. The zero-order chi connectivity index (χ0) is 18.1. The molecule has 0 bridgehead atoms. The Bertz CT molecular complexity index is 787. The molecule has 0 aliphatic carbocycles. The summed E-state index contributed by atoms with van der Waals surface area (Å²) >= 11 is 1.09. The molecule has 1 aromatic rings. The molecule has 1 aliphatic rings. The second-order valence-corrected chi connectivity index (χ2v) is 7.26. The number of amides is 2. The zero-order valence-electron chi connectivity index (χ0n) is 12.7. The Hall–Kier alpha value is -2.25. The van der Waals surface area contributed by atoms with Gasteiger partial charge in [0.1, 0.15) is 17.8 Å². The molecule has 0 saturated carbocycles. The van der Waals surface area contributed by atoms with Crippen molar-refractivity contribution < 1.29 is 27.4 Å². The Morgan fingerprint density at radius 1 is 1.62 bits per heavy atom. The van der Waals surface area contributed by atoms with Gasteiger partial charge in [-0.2, -0.15) is 8.42 Å². The molecule has 24 heavy (non-hydrogen) atoms. The third-order valence-corrected chi connectivity index (χ3v) is 4.37. The van der Waals surface area contributed by atoms with Gasteiger partial charge in [-0.15, -0.1) is 11.3 Å². The number of nitrogens with zero attached hydrogens (tertiary/aromatic N) is 3. The van der Waals surface area contributed by atoms with E-state index in [1.807, 2.05) is 0 Å². The van der Waals surface area contributed by atoms with E-state index in [1.54, 1.807) is 13.8 Å². The number of nitrogens with one attached hydrogen (secondary N) is 1. The van der Waals surface area contributed by atoms with Crippen molar-refractivity contribution in [3.05, 3.63) is 11.1 Å². The van der Waals surface area contributed by atoms with E-state index in [4.69, 9.17) is 15.1 Å². The molecule has 2 heterocycles. The molecule has 0 radical (unpaired) electrons. The van der Waals surface area contributed by atoms with Crippen molar-refractivity contribution >= 4 is 44.3 Å². The number of nitrogen functional groups attached to an aromatic ring is 1. The molecule has 2 amide bonds. The van der Waals surface area contributed by atoms with Crippen LogP contribution in [0.1, 0.15) is 19.5 Å². The lowest BCUT2D eigenvalue weighted by Gasteiger charge is -2.35. The largest absolute Gasteiger partial charge is 0.392 e. The summed E-state index contributed by atoms with van der Waals surface area (Å²) in [5.74, 6) is -1.73. The monoisotopic (exact) mass is 377 g/mol. The molecular weight excluding hydrogens is 362 g/mol. The quantitative estimate of drug-likeness (QED) is 0.245. The predicted molar refractivity (Wildman–Crippen MR) is 84.5 cm³/mol. The van der Waals surface area contributed by atoms with Gasteiger partial charge in [-0.3, -0.25) is 14.1 Å². The molecule has 1 fully saturated rings. The lowest BCUT2D eigenvalue weighted by molar-refractivity contribution is -0.139. The first-order valence-corrected chi connectivity index (χ1v) is 8.92. The average Bonchev–Trinajstić information content (AvgIpc) is 2.87. The maximum absolute atomic E-state index is 12.3. The number of thiazole rings is 1. The summed E-state index contributed by atoms with van der Waals surface area (Å²) in [6.07, 6.45) is -0.302. The van der Waals surface area contributed by atoms with E-state index in [2.05, 4.69) is 15.5 Å². The maximum atomic E-state index is 12.3. The van der Waals surface area contributed by atoms with Crippen LogP contribution >= 0.6 is 11.3 Å². The first kappa shape index (κ1) is 18.1. The number of rotatable bonds is 6. The van der Waals surface area contributed by atoms with Crippen molar-refractivity contribution in [3.63, 3.8) is 0 Å². The number of β-lactam (4-membered cyclic amide) rings is 1. The van der Waals surface area contributed by atoms with E-state index in [0.717, 1.165) is 11.3 Å². The van der Waals surface area contributed by atoms with Crippen LogP contribution in [0.4, 0.5) is 5.13 Å². The second-order valence-electron chi connectivity index (χ2n) is 5.04. The molecule has 1 atom stereocenters. The van der Waals surface area contributed by atoms with Crippen LogP contribution in [0.25, 0.3) is 0 Å². The van der Waals surface area contributed by atoms with Gasteiger partial charge in [0, 0.05) is 5.38 Å². The van der Waals surface area contributed by atoms with Gasteiger partial charge in [-0.05, 0) is 13.8 Å². The average molecular weight is 377 g/mol. The van der Waals surface area contributed by atoms with E-state index in [0.29, 0.717) is 0 Å². The maximum Gasteiger partial charge on any atom is 0.362 e. The van der Waals surface area contributed by atoms with Crippen LogP contribution in [0, 0.1) is 0 Å². The minimum atomic E-state index is -4.62. The molecule has 0 aromatic carbocycles. The number of oxime groups is 1. The van der Waals surface area contributed by atoms with Crippen molar-refractivity contribution in [1.82, 2.24) is 14.6 Å². The van der Waals surface area contributed by atoms with Crippen LogP contribution in [-0.2, 0) is 24.7 Å². The van der Waals surface area contributed by atoms with Crippen LogP contribution in [0.15, 0.2) is 10.5 Å². The van der Waals surface area contributed by atoms with Gasteiger partial charge in [0.25, 0.3) is 11.8 Å². The lowest BCUT2D eigenvalue weighted by atomic mass is 10.1. The number of nitrogens with two attached hydrogens (primary N) is 1. The van der Waals surface area contributed by atoms with Gasteiger partial charge in [0.05, 0.1) is 6.54 Å². The first-order chi connectivity index (χ1) is 11.1. The van der Waals surface area contributed by atoms with E-state index in [-0.39, 0.29) is 33.5 Å². The number of carbonyl (C=O) groups excluding carboxylic acids is 2. The van der Waals surface area contributed by atoms with Crippen LogP contribution in [-0.4, -0.2) is 58.5 Å². The fourth-order valence-corrected chi connectivity index (χ4v) is 2.94. The van der Waals surface area contributed by atoms with E-state index >= 15 is 0 Å². The van der Waals surface area contributed by atoms with Crippen molar-refractivity contribution in [1.29, 1.82) is 0 Å². The number of anilines is 1. The fourth-order valence-electron chi connectivity index (χ4n) is 1.70. The Kier molecular flexibility index (Phi) is 5.05. The SMILES string of the molecule is CC(C)O/N=C(\C(=O)N[C@H]1CN(S(=O)(=O)O)C1=O)c1csc(N)n1. The van der Waals surface area contributed by atoms with Gasteiger partial charge < -0.3 is 15.9 Å². The molecule has 13 heteroatoms. The van der Waals surface area contributed by atoms with Crippen LogP contribution in [0.5, 0.6) is 0 Å². The molecule has 2 rings (SSSR count). The van der Waals surface area contributed by atoms with Gasteiger partial charge in [-0.25, -0.2) is 9.29 Å². The first-order valence-electron chi connectivity index (χ1n) is 6.64. The topological polar surface area (TPSA) is 164 Å². The minimum Gasteiger partial charge on any atom is -0.392 e. The van der Waals surface area contributed by atoms with Crippen molar-refractivity contribution in [2.24, 2.45) is 5.16 Å². The molecule has 1 aromatic heterocycles. The van der Waals surface area contributed by atoms with Gasteiger partial charge in [0.2, 0.25) is 0 Å². The summed E-state index contributed by atoms with van der Waals surface area (Å²) in [7, 11) is -4.62. The van der Waals surface area contributed by atoms with Gasteiger partial charge in [0.15, 0.2) is 10.8 Å². The van der Waals surface area contributed by atoms with Gasteiger partial charge in [-0.1, -0.05) is 5.16 Å². The molecule has 132 valence electrons. The van der Waals surface area contributed by atoms with Crippen LogP contribution < -0.4 is 11.1 Å². The summed E-state index contributed by atoms with van der Waals surface area (Å²) in [6.45, 7) is 3.03. The standard InChI is InChI=1S/C11H15N5O6S2/c1-5(2)22-15-8(7-4-23-11(12)14-7)9(17)13-6-3-16(10(6)18)24(19,20)21/h4-6H,3H2,1-2H3,(H2,12,14)(H,13,17)(H,19,20,21)/b15-8-/t6-/m0/s1. The lowest BCUT2D eigenvalue weighted by Crippen LogP contribution is -2.65. The summed E-state index contributed by atoms with van der Waals surface area (Å²) in [4.78, 5) is 32.9. The highest BCUT2D eigenvalue weighted by Crippen LogP contribution is 2.16. The molecule has 1 aliphatic heterocycles. The summed E-state index contributed by atoms with van der Waals surface area (Å²) in [5, 5.41) is 7.72. The van der Waals surface area contributed by atoms with Crippen LogP contribution in [0.3, 0.4) is 0 Å². The Morgan fingerprint density at radius 2 is 2.29 bits per heavy atom. The Morgan fingerprint density at radius 3 is 2.75 bits per heavy atom. The Balaban J connectivity index is 2.12. The number of hydrogen-bond acceptors (Lipinski definition) is 9. The van der Waals surface area contributed by atoms with E-state index in [1.165, 1.54) is 5.38 Å². The normalized spacial score (nSPS) is 18.5. The highest BCUT2D eigenvalue weighted by atomic mass is 32.2. The third-order valence-electron chi connectivity index (χ3n) is 2.81. The summed E-state index contributed by atoms with van der Waals surface area (Å²) in [6, 6.07) is -1.10. The van der Waals surface area contributed by atoms with E-state index < -0.39 is 28.2 Å². The molecule has 0 unspecified atom stereocenters. The summed E-state index contributed by atoms with van der Waals surface area (Å²) < 4.78 is 30.8. The fraction of sp³-hybridized carbons (Fsp3) is 0.455.